The molecule has 0 radical (unpaired) electrons. The maximum absolute atomic E-state index is 12.4. The van der Waals surface area contributed by atoms with Crippen LogP contribution >= 0.6 is 0 Å². The highest BCUT2D eigenvalue weighted by Gasteiger charge is 2.18. The van der Waals surface area contributed by atoms with Crippen molar-refractivity contribution >= 4 is 38.0 Å². The number of nitrogens with one attached hydrogen (secondary N) is 1. The van der Waals surface area contributed by atoms with E-state index in [2.05, 4.69) is 21.0 Å². The maximum atomic E-state index is 12.4. The first-order chi connectivity index (χ1) is 14.4. The number of ether oxygens (including phenoxy) is 1. The largest absolute Gasteiger partial charge is 0.486 e. The van der Waals surface area contributed by atoms with Gasteiger partial charge in [-0.15, -0.1) is 0 Å². The van der Waals surface area contributed by atoms with Crippen molar-refractivity contribution in [3.05, 3.63) is 54.2 Å². The molecule has 30 heavy (non-hydrogen) atoms. The summed E-state index contributed by atoms with van der Waals surface area (Å²) >= 11 is 0. The Morgan fingerprint density at radius 2 is 2.03 bits per heavy atom. The van der Waals surface area contributed by atoms with Crippen LogP contribution in [0.2, 0.25) is 0 Å². The number of pyridine rings is 1. The van der Waals surface area contributed by atoms with Gasteiger partial charge in [-0.25, -0.2) is 13.4 Å². The minimum Gasteiger partial charge on any atom is -0.486 e. The molecule has 0 atom stereocenters. The van der Waals surface area contributed by atoms with Gasteiger partial charge in [-0.05, 0) is 53.9 Å². The van der Waals surface area contributed by atoms with Crippen LogP contribution < -0.4 is 4.74 Å². The molecule has 2 aromatic heterocycles. The normalized spacial score (nSPS) is 12.2. The third-order valence-corrected chi connectivity index (χ3v) is 6.82. The van der Waals surface area contributed by atoms with Gasteiger partial charge in [0.05, 0.1) is 16.2 Å². The molecule has 4 aromatic rings. The smallest absolute Gasteiger partial charge is 0.178 e. The second-order valence-corrected chi connectivity index (χ2v) is 9.36. The molecule has 0 saturated heterocycles. The van der Waals surface area contributed by atoms with Gasteiger partial charge in [0.2, 0.25) is 0 Å². The van der Waals surface area contributed by atoms with E-state index in [0.29, 0.717) is 17.3 Å². The Labute approximate surface area is 175 Å². The Balaban J connectivity index is 1.99. The summed E-state index contributed by atoms with van der Waals surface area (Å²) in [5, 5.41) is 1.93. The highest BCUT2D eigenvalue weighted by atomic mass is 32.2. The first kappa shape index (κ1) is 20.1. The Bertz CT molecular complexity index is 1370. The molecule has 0 bridgehead atoms. The molecular weight excluding hydrogens is 398 g/mol. The monoisotopic (exact) mass is 421 g/mol. The van der Waals surface area contributed by atoms with Gasteiger partial charge in [-0.1, -0.05) is 19.1 Å². The van der Waals surface area contributed by atoms with Crippen molar-refractivity contribution in [2.75, 3.05) is 19.4 Å². The van der Waals surface area contributed by atoms with Gasteiger partial charge in [0, 0.05) is 30.2 Å². The second kappa shape index (κ2) is 7.91. The molecule has 1 N–H and O–H groups in total. The average Bonchev–Trinajstić information content (AvgIpc) is 3.13. The standard InChI is InChI=1S/C23H23N3O3S/c1-4-30(27,28)17-7-5-6-16(13-17)18-8-9-20(29-11-10-24-3)22-21(18)19-12-15(2)14-25-23(19)26-22/h5-10,12-14H,4,11H2,1-3H3,(H,25,26). The van der Waals surface area contributed by atoms with E-state index in [1.54, 1.807) is 38.4 Å². The van der Waals surface area contributed by atoms with Crippen molar-refractivity contribution in [2.24, 2.45) is 4.99 Å². The van der Waals surface area contributed by atoms with Crippen molar-refractivity contribution in [1.82, 2.24) is 9.97 Å². The lowest BCUT2D eigenvalue weighted by atomic mass is 9.99. The Morgan fingerprint density at radius 1 is 1.20 bits per heavy atom. The number of hydrogen-bond acceptors (Lipinski definition) is 5. The van der Waals surface area contributed by atoms with E-state index in [4.69, 9.17) is 4.74 Å². The van der Waals surface area contributed by atoms with Crippen molar-refractivity contribution in [1.29, 1.82) is 0 Å². The van der Waals surface area contributed by atoms with Gasteiger partial charge >= 0.3 is 0 Å². The van der Waals surface area contributed by atoms with E-state index in [9.17, 15) is 8.42 Å². The molecule has 154 valence electrons. The molecule has 0 aliphatic carbocycles. The van der Waals surface area contributed by atoms with E-state index < -0.39 is 9.84 Å². The van der Waals surface area contributed by atoms with Crippen LogP contribution in [0.4, 0.5) is 0 Å². The van der Waals surface area contributed by atoms with Gasteiger partial charge in [-0.2, -0.15) is 0 Å². The number of aromatic nitrogens is 2. The van der Waals surface area contributed by atoms with E-state index in [1.807, 2.05) is 31.3 Å². The predicted molar refractivity (Wildman–Crippen MR) is 121 cm³/mol. The number of aromatic amines is 1. The Hall–Kier alpha value is -3.19. The summed E-state index contributed by atoms with van der Waals surface area (Å²) in [5.41, 5.74) is 4.39. The fraction of sp³-hybridized carbons (Fsp3) is 0.217. The van der Waals surface area contributed by atoms with Crippen molar-refractivity contribution in [3.8, 4) is 16.9 Å². The molecule has 4 rings (SSSR count). The van der Waals surface area contributed by atoms with E-state index in [-0.39, 0.29) is 5.75 Å². The fourth-order valence-electron chi connectivity index (χ4n) is 3.55. The van der Waals surface area contributed by atoms with E-state index >= 15 is 0 Å². The summed E-state index contributed by atoms with van der Waals surface area (Å²) in [6, 6.07) is 13.0. The Kier molecular flexibility index (Phi) is 5.30. The van der Waals surface area contributed by atoms with Crippen molar-refractivity contribution < 1.29 is 13.2 Å². The number of hydrogen-bond donors (Lipinski definition) is 1. The van der Waals surface area contributed by atoms with Crippen LogP contribution in [-0.2, 0) is 9.84 Å². The van der Waals surface area contributed by atoms with Gasteiger partial charge < -0.3 is 9.72 Å². The minimum absolute atomic E-state index is 0.0633. The SMILES string of the molecule is CCS(=O)(=O)c1cccc(-c2ccc(OCC=NC)c3[nH]c4ncc(C)cc4c23)c1. The molecule has 0 aliphatic heterocycles. The first-order valence-electron chi connectivity index (χ1n) is 9.72. The minimum atomic E-state index is -3.30. The molecule has 7 heteroatoms. The van der Waals surface area contributed by atoms with E-state index in [0.717, 1.165) is 38.6 Å². The second-order valence-electron chi connectivity index (χ2n) is 7.08. The first-order valence-corrected chi connectivity index (χ1v) is 11.4. The number of aryl methyl sites for hydroxylation is 1. The molecule has 0 saturated carbocycles. The molecule has 0 amide bonds. The van der Waals surface area contributed by atoms with Gasteiger partial charge in [-0.3, -0.25) is 4.99 Å². The molecule has 0 spiro atoms. The molecule has 0 unspecified atom stereocenters. The lowest BCUT2D eigenvalue weighted by Crippen LogP contribution is -2.03. The maximum Gasteiger partial charge on any atom is 0.178 e. The van der Waals surface area contributed by atoms with Gasteiger partial charge in [0.25, 0.3) is 0 Å². The highest BCUT2D eigenvalue weighted by molar-refractivity contribution is 7.91. The summed E-state index contributed by atoms with van der Waals surface area (Å²) < 4.78 is 30.7. The van der Waals surface area contributed by atoms with Crippen LogP contribution in [0.25, 0.3) is 33.1 Å². The molecule has 0 aliphatic rings. The molecule has 2 heterocycles. The lowest BCUT2D eigenvalue weighted by Gasteiger charge is -2.11. The van der Waals surface area contributed by atoms with Crippen LogP contribution in [0.1, 0.15) is 12.5 Å². The van der Waals surface area contributed by atoms with Crippen LogP contribution in [0.5, 0.6) is 5.75 Å². The van der Waals surface area contributed by atoms with E-state index in [1.165, 1.54) is 0 Å². The molecule has 6 nitrogen and oxygen atoms in total. The number of nitrogens with zero attached hydrogens (tertiary/aromatic N) is 2. The zero-order valence-corrected chi connectivity index (χ0v) is 18.0. The number of aliphatic imine (C=N–C) groups is 1. The highest BCUT2D eigenvalue weighted by Crippen LogP contribution is 2.39. The third-order valence-electron chi connectivity index (χ3n) is 5.08. The zero-order chi connectivity index (χ0) is 21.3. The molecule has 0 fully saturated rings. The summed E-state index contributed by atoms with van der Waals surface area (Å²) in [6.45, 7) is 4.01. The fourth-order valence-corrected chi connectivity index (χ4v) is 4.48. The topological polar surface area (TPSA) is 84.4 Å². The number of rotatable bonds is 6. The van der Waals surface area contributed by atoms with Crippen LogP contribution in [-0.4, -0.2) is 44.0 Å². The predicted octanol–water partition coefficient (Wildman–Crippen LogP) is 4.56. The van der Waals surface area contributed by atoms with Crippen LogP contribution in [0, 0.1) is 6.92 Å². The lowest BCUT2D eigenvalue weighted by molar-refractivity contribution is 0.384. The average molecular weight is 422 g/mol. The number of fused-ring (bicyclic) bond motifs is 3. The summed E-state index contributed by atoms with van der Waals surface area (Å²) in [5.74, 6) is 0.759. The van der Waals surface area contributed by atoms with Gasteiger partial charge in [0.15, 0.2) is 9.84 Å². The summed E-state index contributed by atoms with van der Waals surface area (Å²) in [4.78, 5) is 12.2. The Morgan fingerprint density at radius 3 is 2.80 bits per heavy atom. The third kappa shape index (κ3) is 3.57. The summed E-state index contributed by atoms with van der Waals surface area (Å²) in [7, 11) is -1.60. The number of sulfone groups is 1. The summed E-state index contributed by atoms with van der Waals surface area (Å²) in [6.07, 6.45) is 3.51. The molecular formula is C23H23N3O3S. The van der Waals surface area contributed by atoms with Crippen LogP contribution in [0.3, 0.4) is 0 Å². The number of H-pyrrole nitrogens is 1. The van der Waals surface area contributed by atoms with Crippen molar-refractivity contribution in [2.45, 2.75) is 18.7 Å². The van der Waals surface area contributed by atoms with Crippen LogP contribution in [0.15, 0.2) is 58.5 Å². The van der Waals surface area contributed by atoms with Crippen molar-refractivity contribution in [3.63, 3.8) is 0 Å². The van der Waals surface area contributed by atoms with Gasteiger partial charge in [0.1, 0.15) is 18.0 Å². The quantitative estimate of drug-likeness (QED) is 0.462. The zero-order valence-electron chi connectivity index (χ0n) is 17.1. The number of benzene rings is 2. The molecule has 2 aromatic carbocycles.